The summed E-state index contributed by atoms with van der Waals surface area (Å²) in [4.78, 5) is 12.9. The zero-order valence-corrected chi connectivity index (χ0v) is 14.9. The van der Waals surface area contributed by atoms with Gasteiger partial charge in [0.05, 0.1) is 5.92 Å². The van der Waals surface area contributed by atoms with Crippen LogP contribution in [0, 0.1) is 0 Å². The number of hydrogen-bond donors (Lipinski definition) is 0. The Balaban J connectivity index is 1.72. The van der Waals surface area contributed by atoms with Crippen LogP contribution in [0.15, 0.2) is 109 Å². The highest BCUT2D eigenvalue weighted by molar-refractivity contribution is 5.83. The Bertz CT molecular complexity index is 957. The fourth-order valence-electron chi connectivity index (χ4n) is 3.43. The van der Waals surface area contributed by atoms with E-state index in [1.807, 2.05) is 97.1 Å². The summed E-state index contributed by atoms with van der Waals surface area (Å²) in [5, 5.41) is 0. The highest BCUT2D eigenvalue weighted by Gasteiger charge is 2.35. The second-order valence-corrected chi connectivity index (χ2v) is 6.56. The number of esters is 1. The zero-order valence-electron chi connectivity index (χ0n) is 14.9. The van der Waals surface area contributed by atoms with Crippen molar-refractivity contribution in [1.29, 1.82) is 0 Å². The predicted octanol–water partition coefficient (Wildman–Crippen LogP) is 5.71. The maximum atomic E-state index is 12.9. The Morgan fingerprint density at radius 1 is 0.667 bits per heavy atom. The van der Waals surface area contributed by atoms with Gasteiger partial charge in [-0.15, -0.1) is 0 Å². The molecular weight excluding hydrogens is 332 g/mol. The SMILES string of the molecule is O=C1OC(C=Cc2ccccc2)=CC(c2ccccc2)C1c1ccccc1. The quantitative estimate of drug-likeness (QED) is 0.562. The molecule has 2 atom stereocenters. The number of hydrogen-bond acceptors (Lipinski definition) is 2. The van der Waals surface area contributed by atoms with E-state index in [9.17, 15) is 4.79 Å². The van der Waals surface area contributed by atoms with E-state index in [4.69, 9.17) is 4.74 Å². The minimum absolute atomic E-state index is 0.0646. The Hall–Kier alpha value is -3.39. The van der Waals surface area contributed by atoms with Crippen LogP contribution in [0.25, 0.3) is 6.08 Å². The van der Waals surface area contributed by atoms with Gasteiger partial charge in [-0.25, -0.2) is 0 Å². The average Bonchev–Trinajstić information content (AvgIpc) is 2.74. The van der Waals surface area contributed by atoms with Crippen LogP contribution in [0.2, 0.25) is 0 Å². The van der Waals surface area contributed by atoms with Gasteiger partial charge < -0.3 is 4.74 Å². The van der Waals surface area contributed by atoms with Crippen LogP contribution in [0.1, 0.15) is 28.5 Å². The summed E-state index contributed by atoms with van der Waals surface area (Å²) in [6.45, 7) is 0. The molecule has 2 unspecified atom stereocenters. The van der Waals surface area contributed by atoms with Crippen molar-refractivity contribution < 1.29 is 9.53 Å². The summed E-state index contributed by atoms with van der Waals surface area (Å²) in [5.74, 6) is -0.0390. The third-order valence-corrected chi connectivity index (χ3v) is 4.76. The number of carbonyl (C=O) groups excluding carboxylic acids is 1. The maximum absolute atomic E-state index is 12.9. The Labute approximate surface area is 159 Å². The van der Waals surface area contributed by atoms with E-state index in [2.05, 4.69) is 12.1 Å². The van der Waals surface area contributed by atoms with Crippen molar-refractivity contribution in [3.05, 3.63) is 126 Å². The lowest BCUT2D eigenvalue weighted by molar-refractivity contribution is -0.142. The lowest BCUT2D eigenvalue weighted by atomic mass is 9.80. The molecule has 0 aliphatic carbocycles. The van der Waals surface area contributed by atoms with Crippen LogP contribution in [0.4, 0.5) is 0 Å². The van der Waals surface area contributed by atoms with E-state index in [0.29, 0.717) is 5.76 Å². The zero-order chi connectivity index (χ0) is 18.5. The minimum atomic E-state index is -0.345. The molecule has 0 radical (unpaired) electrons. The first-order chi connectivity index (χ1) is 13.3. The van der Waals surface area contributed by atoms with Gasteiger partial charge in [0.15, 0.2) is 0 Å². The van der Waals surface area contributed by atoms with Crippen LogP contribution in [-0.2, 0) is 9.53 Å². The Morgan fingerprint density at radius 3 is 1.85 bits per heavy atom. The van der Waals surface area contributed by atoms with Gasteiger partial charge in [0.25, 0.3) is 0 Å². The van der Waals surface area contributed by atoms with Crippen LogP contribution in [0.5, 0.6) is 0 Å². The van der Waals surface area contributed by atoms with Gasteiger partial charge in [0.1, 0.15) is 5.76 Å². The number of ether oxygens (including phenoxy) is 1. The molecule has 2 nitrogen and oxygen atoms in total. The fourth-order valence-corrected chi connectivity index (χ4v) is 3.43. The van der Waals surface area contributed by atoms with Gasteiger partial charge >= 0.3 is 5.97 Å². The van der Waals surface area contributed by atoms with E-state index in [-0.39, 0.29) is 17.8 Å². The van der Waals surface area contributed by atoms with E-state index in [1.165, 1.54) is 0 Å². The summed E-state index contributed by atoms with van der Waals surface area (Å²) in [5.41, 5.74) is 3.14. The topological polar surface area (TPSA) is 26.3 Å². The molecule has 2 heteroatoms. The normalized spacial score (nSPS) is 19.6. The fraction of sp³-hybridized carbons (Fsp3) is 0.0800. The number of allylic oxidation sites excluding steroid dienone is 2. The molecule has 0 saturated heterocycles. The molecule has 0 fully saturated rings. The molecule has 132 valence electrons. The Morgan fingerprint density at radius 2 is 1.22 bits per heavy atom. The van der Waals surface area contributed by atoms with Crippen molar-refractivity contribution >= 4 is 12.0 Å². The standard InChI is InChI=1S/C25H20O2/c26-25-24(21-14-8-3-9-15-21)23(20-12-6-2-7-13-20)18-22(27-25)17-16-19-10-4-1-5-11-19/h1-18,23-24H. The van der Waals surface area contributed by atoms with E-state index >= 15 is 0 Å². The third-order valence-electron chi connectivity index (χ3n) is 4.76. The predicted molar refractivity (Wildman–Crippen MR) is 108 cm³/mol. The van der Waals surface area contributed by atoms with Crippen molar-refractivity contribution in [3.8, 4) is 0 Å². The number of benzene rings is 3. The van der Waals surface area contributed by atoms with Gasteiger partial charge in [-0.1, -0.05) is 97.1 Å². The van der Waals surface area contributed by atoms with E-state index < -0.39 is 0 Å². The molecule has 1 aliphatic heterocycles. The molecule has 27 heavy (non-hydrogen) atoms. The smallest absolute Gasteiger partial charge is 0.319 e. The number of cyclic esters (lactones) is 1. The molecule has 0 aromatic heterocycles. The number of carbonyl (C=O) groups is 1. The lowest BCUT2D eigenvalue weighted by Crippen LogP contribution is -2.26. The first kappa shape index (κ1) is 17.0. The number of rotatable bonds is 4. The molecule has 0 amide bonds. The summed E-state index contributed by atoms with van der Waals surface area (Å²) < 4.78 is 5.66. The Kier molecular flexibility index (Phi) is 4.97. The molecular formula is C25H20O2. The minimum Gasteiger partial charge on any atom is -0.426 e. The third kappa shape index (κ3) is 3.90. The summed E-state index contributed by atoms with van der Waals surface area (Å²) in [7, 11) is 0. The highest BCUT2D eigenvalue weighted by Crippen LogP contribution is 2.39. The van der Waals surface area contributed by atoms with Gasteiger partial charge in [-0.3, -0.25) is 4.79 Å². The van der Waals surface area contributed by atoms with Crippen LogP contribution in [-0.4, -0.2) is 5.97 Å². The monoisotopic (exact) mass is 352 g/mol. The van der Waals surface area contributed by atoms with E-state index in [1.54, 1.807) is 0 Å². The van der Waals surface area contributed by atoms with Gasteiger partial charge in [-0.2, -0.15) is 0 Å². The van der Waals surface area contributed by atoms with Crippen LogP contribution in [0.3, 0.4) is 0 Å². The highest BCUT2D eigenvalue weighted by atomic mass is 16.5. The second kappa shape index (κ2) is 7.88. The first-order valence-corrected chi connectivity index (χ1v) is 9.08. The summed E-state index contributed by atoms with van der Waals surface area (Å²) in [6, 6.07) is 30.0. The maximum Gasteiger partial charge on any atom is 0.319 e. The van der Waals surface area contributed by atoms with Crippen molar-refractivity contribution in [2.75, 3.05) is 0 Å². The molecule has 0 spiro atoms. The molecule has 0 bridgehead atoms. The molecule has 3 aromatic rings. The van der Waals surface area contributed by atoms with E-state index in [0.717, 1.165) is 16.7 Å². The largest absolute Gasteiger partial charge is 0.426 e. The second-order valence-electron chi connectivity index (χ2n) is 6.56. The van der Waals surface area contributed by atoms with Gasteiger partial charge in [-0.05, 0) is 28.8 Å². The molecule has 0 N–H and O–H groups in total. The summed E-state index contributed by atoms with van der Waals surface area (Å²) >= 11 is 0. The average molecular weight is 352 g/mol. The summed E-state index contributed by atoms with van der Waals surface area (Å²) in [6.07, 6.45) is 5.88. The van der Waals surface area contributed by atoms with Gasteiger partial charge in [0.2, 0.25) is 0 Å². The first-order valence-electron chi connectivity index (χ1n) is 9.08. The molecule has 1 heterocycles. The van der Waals surface area contributed by atoms with Crippen molar-refractivity contribution in [3.63, 3.8) is 0 Å². The van der Waals surface area contributed by atoms with Crippen molar-refractivity contribution in [2.45, 2.75) is 11.8 Å². The molecule has 3 aromatic carbocycles. The molecule has 1 aliphatic rings. The van der Waals surface area contributed by atoms with Crippen LogP contribution < -0.4 is 0 Å². The lowest BCUT2D eigenvalue weighted by Gasteiger charge is -2.28. The molecule has 4 rings (SSSR count). The molecule has 0 saturated carbocycles. The van der Waals surface area contributed by atoms with Crippen molar-refractivity contribution in [2.24, 2.45) is 0 Å². The van der Waals surface area contributed by atoms with Gasteiger partial charge in [0, 0.05) is 5.92 Å². The van der Waals surface area contributed by atoms with Crippen LogP contribution >= 0.6 is 0 Å². The van der Waals surface area contributed by atoms with Crippen molar-refractivity contribution in [1.82, 2.24) is 0 Å².